The number of carbonyl (C=O) groups excluding carboxylic acids is 1. The molecule has 0 aromatic heterocycles. The maximum absolute atomic E-state index is 11.2. The molecule has 6 heteroatoms. The Morgan fingerprint density at radius 3 is 2.19 bits per heavy atom. The number of rotatable bonds is 4. The number of carbonyl (C=O) groups is 1. The Morgan fingerprint density at radius 1 is 1.31 bits per heavy atom. The van der Waals surface area contributed by atoms with Gasteiger partial charge in [0.1, 0.15) is 0 Å². The van der Waals surface area contributed by atoms with E-state index in [1.807, 2.05) is 0 Å². The average Bonchev–Trinajstić information content (AvgIpc) is 2.17. The first kappa shape index (κ1) is 13.1. The van der Waals surface area contributed by atoms with Gasteiger partial charge >= 0.3 is 0 Å². The molecule has 0 spiro atoms. The summed E-state index contributed by atoms with van der Waals surface area (Å²) in [5, 5.41) is -0.330. The minimum absolute atomic E-state index is 0.267. The van der Waals surface area contributed by atoms with Gasteiger partial charge < -0.3 is 5.73 Å². The monoisotopic (exact) mass is 259 g/mol. The van der Waals surface area contributed by atoms with E-state index in [-0.39, 0.29) is 10.1 Å². The van der Waals surface area contributed by atoms with Gasteiger partial charge in [0.05, 0.1) is 10.1 Å². The molecule has 0 aliphatic carbocycles. The zero-order chi connectivity index (χ0) is 12.3. The Bertz CT molecular complexity index is 479. The molecule has 0 aliphatic rings. The van der Waals surface area contributed by atoms with Crippen molar-refractivity contribution in [3.8, 4) is 0 Å². The van der Waals surface area contributed by atoms with Gasteiger partial charge in [-0.2, -0.15) is 0 Å². The molecule has 0 unspecified atom stereocenters. The molecular formula is C10H13NO3S2. The molecule has 0 saturated heterocycles. The van der Waals surface area contributed by atoms with Crippen LogP contribution in [-0.4, -0.2) is 25.8 Å². The number of thioether (sulfide) groups is 1. The Balaban J connectivity index is 2.84. The quantitative estimate of drug-likeness (QED) is 0.820. The van der Waals surface area contributed by atoms with Gasteiger partial charge in [0.2, 0.25) is 5.91 Å². The van der Waals surface area contributed by atoms with Gasteiger partial charge in [-0.25, -0.2) is 8.42 Å². The molecule has 0 heterocycles. The summed E-state index contributed by atoms with van der Waals surface area (Å²) < 4.78 is 22.4. The van der Waals surface area contributed by atoms with E-state index in [0.29, 0.717) is 0 Å². The summed E-state index contributed by atoms with van der Waals surface area (Å²) >= 11 is 1.30. The van der Waals surface area contributed by atoms with Crippen LogP contribution in [-0.2, 0) is 14.6 Å². The van der Waals surface area contributed by atoms with Gasteiger partial charge in [-0.05, 0) is 31.2 Å². The van der Waals surface area contributed by atoms with Gasteiger partial charge in [0.25, 0.3) is 0 Å². The summed E-state index contributed by atoms with van der Waals surface area (Å²) in [6.07, 6.45) is 1.15. The first-order chi connectivity index (χ1) is 7.30. The van der Waals surface area contributed by atoms with Crippen molar-refractivity contribution in [3.05, 3.63) is 24.3 Å². The molecule has 88 valence electrons. The molecule has 4 nitrogen and oxygen atoms in total. The normalized spacial score (nSPS) is 13.4. The van der Waals surface area contributed by atoms with Gasteiger partial charge in [-0.3, -0.25) is 4.79 Å². The second-order valence-corrected chi connectivity index (χ2v) is 6.84. The highest BCUT2D eigenvalue weighted by Gasteiger charge is 2.11. The molecule has 1 aromatic carbocycles. The van der Waals surface area contributed by atoms with E-state index in [0.717, 1.165) is 11.2 Å². The molecule has 1 aromatic rings. The number of hydrogen-bond donors (Lipinski definition) is 1. The zero-order valence-electron chi connectivity index (χ0n) is 9.01. The minimum atomic E-state index is -3.17. The number of amides is 1. The van der Waals surface area contributed by atoms with Crippen molar-refractivity contribution in [1.82, 2.24) is 0 Å². The van der Waals surface area contributed by atoms with Crippen molar-refractivity contribution >= 4 is 27.5 Å². The number of sulfone groups is 1. The van der Waals surface area contributed by atoms with Crippen LogP contribution in [0, 0.1) is 0 Å². The van der Waals surface area contributed by atoms with E-state index in [1.54, 1.807) is 19.1 Å². The fourth-order valence-corrected chi connectivity index (χ4v) is 2.48. The highest BCUT2D eigenvalue weighted by Crippen LogP contribution is 2.24. The van der Waals surface area contributed by atoms with E-state index >= 15 is 0 Å². The van der Waals surface area contributed by atoms with E-state index in [9.17, 15) is 13.2 Å². The molecule has 0 radical (unpaired) electrons. The number of nitrogens with two attached hydrogens (primary N) is 1. The van der Waals surface area contributed by atoms with Crippen LogP contribution in [0.15, 0.2) is 34.1 Å². The number of primary amides is 1. The van der Waals surface area contributed by atoms with Gasteiger partial charge in [-0.1, -0.05) is 0 Å². The number of hydrogen-bond acceptors (Lipinski definition) is 4. The summed E-state index contributed by atoms with van der Waals surface area (Å²) in [7, 11) is -3.17. The maximum Gasteiger partial charge on any atom is 0.230 e. The maximum atomic E-state index is 11.2. The van der Waals surface area contributed by atoms with E-state index in [2.05, 4.69) is 0 Å². The van der Waals surface area contributed by atoms with Gasteiger partial charge in [0.15, 0.2) is 9.84 Å². The molecule has 0 fully saturated rings. The average molecular weight is 259 g/mol. The Hall–Kier alpha value is -1.01. The summed E-state index contributed by atoms with van der Waals surface area (Å²) in [5.74, 6) is -0.391. The predicted molar refractivity (Wildman–Crippen MR) is 64.1 cm³/mol. The number of benzene rings is 1. The lowest BCUT2D eigenvalue weighted by Gasteiger charge is -2.07. The topological polar surface area (TPSA) is 77.2 Å². The van der Waals surface area contributed by atoms with Gasteiger partial charge in [-0.15, -0.1) is 11.8 Å². The van der Waals surface area contributed by atoms with E-state index in [1.165, 1.54) is 23.9 Å². The van der Waals surface area contributed by atoms with Crippen LogP contribution >= 0.6 is 11.8 Å². The summed E-state index contributed by atoms with van der Waals surface area (Å²) in [5.41, 5.74) is 5.13. The van der Waals surface area contributed by atoms with E-state index in [4.69, 9.17) is 5.73 Å². The standard InChI is InChI=1S/C10H13NO3S2/c1-7(10(11)12)15-8-3-5-9(6-4-8)16(2,13)14/h3-7H,1-2H3,(H2,11,12)/t7-/m0/s1. The molecule has 1 rings (SSSR count). The van der Waals surface area contributed by atoms with Crippen molar-refractivity contribution in [2.75, 3.05) is 6.26 Å². The highest BCUT2D eigenvalue weighted by atomic mass is 32.2. The fourth-order valence-electron chi connectivity index (χ4n) is 1.03. The Morgan fingerprint density at radius 2 is 1.81 bits per heavy atom. The van der Waals surface area contributed by atoms with E-state index < -0.39 is 15.7 Å². The van der Waals surface area contributed by atoms with Crippen LogP contribution in [0.3, 0.4) is 0 Å². The largest absolute Gasteiger partial charge is 0.369 e. The molecule has 0 saturated carbocycles. The van der Waals surface area contributed by atoms with Crippen molar-refractivity contribution < 1.29 is 13.2 Å². The van der Waals surface area contributed by atoms with Crippen LogP contribution in [0.2, 0.25) is 0 Å². The fraction of sp³-hybridized carbons (Fsp3) is 0.300. The van der Waals surface area contributed by atoms with Crippen molar-refractivity contribution in [2.45, 2.75) is 22.0 Å². The molecule has 0 bridgehead atoms. The van der Waals surface area contributed by atoms with Crippen LogP contribution in [0.25, 0.3) is 0 Å². The SMILES string of the molecule is C[C@H](Sc1ccc(S(C)(=O)=O)cc1)C(N)=O. The lowest BCUT2D eigenvalue weighted by Crippen LogP contribution is -2.22. The third-order valence-electron chi connectivity index (χ3n) is 1.97. The summed E-state index contributed by atoms with van der Waals surface area (Å²) in [6, 6.07) is 6.37. The highest BCUT2D eigenvalue weighted by molar-refractivity contribution is 8.00. The van der Waals surface area contributed by atoms with Crippen LogP contribution in [0.1, 0.15) is 6.92 Å². The Labute approximate surface area is 99.1 Å². The molecule has 1 atom stereocenters. The third-order valence-corrected chi connectivity index (χ3v) is 4.22. The third kappa shape index (κ3) is 3.53. The molecular weight excluding hydrogens is 246 g/mol. The van der Waals surface area contributed by atoms with Crippen molar-refractivity contribution in [3.63, 3.8) is 0 Å². The molecule has 16 heavy (non-hydrogen) atoms. The molecule has 0 aliphatic heterocycles. The second-order valence-electron chi connectivity index (χ2n) is 3.41. The lowest BCUT2D eigenvalue weighted by molar-refractivity contribution is -0.117. The van der Waals surface area contributed by atoms with Gasteiger partial charge in [0, 0.05) is 11.2 Å². The summed E-state index contributed by atoms with van der Waals surface area (Å²) in [6.45, 7) is 1.71. The molecule has 1 amide bonds. The molecule has 2 N–H and O–H groups in total. The van der Waals surface area contributed by atoms with Crippen LogP contribution < -0.4 is 5.73 Å². The summed E-state index contributed by atoms with van der Waals surface area (Å²) in [4.78, 5) is 11.9. The smallest absolute Gasteiger partial charge is 0.230 e. The second kappa shape index (κ2) is 4.88. The first-order valence-electron chi connectivity index (χ1n) is 4.57. The van der Waals surface area contributed by atoms with Crippen LogP contribution in [0.5, 0.6) is 0 Å². The minimum Gasteiger partial charge on any atom is -0.369 e. The van der Waals surface area contributed by atoms with Crippen molar-refractivity contribution in [1.29, 1.82) is 0 Å². The lowest BCUT2D eigenvalue weighted by atomic mass is 10.4. The Kier molecular flexibility index (Phi) is 3.98. The van der Waals surface area contributed by atoms with Crippen molar-refractivity contribution in [2.24, 2.45) is 5.73 Å². The first-order valence-corrected chi connectivity index (χ1v) is 7.34. The van der Waals surface area contributed by atoms with Crippen LogP contribution in [0.4, 0.5) is 0 Å². The zero-order valence-corrected chi connectivity index (χ0v) is 10.6. The predicted octanol–water partition coefficient (Wildman–Crippen LogP) is 1.06.